The summed E-state index contributed by atoms with van der Waals surface area (Å²) in [5, 5.41) is 1.84. The van der Waals surface area contributed by atoms with Crippen LogP contribution in [0.3, 0.4) is 0 Å². The molecule has 0 bridgehead atoms. The van der Waals surface area contributed by atoms with Crippen molar-refractivity contribution in [2.24, 2.45) is 11.8 Å². The first-order valence-electron chi connectivity index (χ1n) is 12.6. The minimum atomic E-state index is -3.87. The second-order valence-corrected chi connectivity index (χ2v) is 14.0. The average Bonchev–Trinajstić information content (AvgIpc) is 3.24. The zero-order chi connectivity index (χ0) is 26.8. The molecule has 1 saturated heterocycles. The van der Waals surface area contributed by atoms with Gasteiger partial charge in [0.05, 0.1) is 16.5 Å². The minimum Gasteiger partial charge on any atom is -0.444 e. The van der Waals surface area contributed by atoms with Gasteiger partial charge in [-0.2, -0.15) is 0 Å². The number of hydrazine groups is 1. The number of nitrogens with one attached hydrogen (secondary N) is 3. The van der Waals surface area contributed by atoms with Gasteiger partial charge in [-0.05, 0) is 72.3 Å². The van der Waals surface area contributed by atoms with Gasteiger partial charge in [-0.3, -0.25) is 20.4 Å². The van der Waals surface area contributed by atoms with Gasteiger partial charge in [0.1, 0.15) is 11.8 Å². The average molecular weight is 554 g/mol. The van der Waals surface area contributed by atoms with Gasteiger partial charge in [0, 0.05) is 32.3 Å². The van der Waals surface area contributed by atoms with Crippen LogP contribution < -0.4 is 15.6 Å². The van der Waals surface area contributed by atoms with Gasteiger partial charge in [0.15, 0.2) is 0 Å². The zero-order valence-electron chi connectivity index (χ0n) is 21.8. The normalized spacial score (nSPS) is 34.2. The summed E-state index contributed by atoms with van der Waals surface area (Å²) in [5.41, 5.74) is 1.64. The molecular formula is C23H41ClFN5O5S. The van der Waals surface area contributed by atoms with Crippen LogP contribution in [0.25, 0.3) is 0 Å². The summed E-state index contributed by atoms with van der Waals surface area (Å²) in [6.07, 6.45) is 0.394. The molecule has 5 unspecified atom stereocenters. The number of hydrogen-bond acceptors (Lipinski definition) is 7. The first-order valence-corrected chi connectivity index (χ1v) is 14.6. The van der Waals surface area contributed by atoms with E-state index < -0.39 is 50.3 Å². The topological polar surface area (TPSA) is 120 Å². The Kier molecular flexibility index (Phi) is 9.52. The smallest absolute Gasteiger partial charge is 0.410 e. The van der Waals surface area contributed by atoms with E-state index in [1.54, 1.807) is 27.8 Å². The third kappa shape index (κ3) is 7.43. The van der Waals surface area contributed by atoms with Crippen molar-refractivity contribution in [2.75, 3.05) is 27.3 Å². The molecule has 208 valence electrons. The number of carbonyl (C=O) groups is 2. The van der Waals surface area contributed by atoms with Crippen molar-refractivity contribution in [3.63, 3.8) is 0 Å². The third-order valence-electron chi connectivity index (χ3n) is 7.48. The van der Waals surface area contributed by atoms with Crippen molar-refractivity contribution >= 4 is 33.6 Å². The number of rotatable bonds is 6. The van der Waals surface area contributed by atoms with E-state index in [1.165, 1.54) is 4.90 Å². The van der Waals surface area contributed by atoms with Crippen molar-refractivity contribution in [2.45, 2.75) is 93.8 Å². The lowest BCUT2D eigenvalue weighted by molar-refractivity contribution is -0.129. The fourth-order valence-corrected chi connectivity index (χ4v) is 7.09. The quantitative estimate of drug-likeness (QED) is 0.339. The Hall–Kier alpha value is -1.21. The summed E-state index contributed by atoms with van der Waals surface area (Å²) in [6, 6.07) is -0.0130. The molecule has 0 aromatic heterocycles. The van der Waals surface area contributed by atoms with Crippen LogP contribution in [-0.2, 0) is 19.6 Å². The van der Waals surface area contributed by atoms with Crippen LogP contribution in [0, 0.1) is 11.8 Å². The largest absolute Gasteiger partial charge is 0.444 e. The van der Waals surface area contributed by atoms with Gasteiger partial charge in [-0.15, -0.1) is 16.4 Å². The predicted octanol–water partition coefficient (Wildman–Crippen LogP) is 1.95. The molecular weight excluding hydrogens is 513 g/mol. The molecule has 2 amide bonds. The molecule has 0 spiro atoms. The van der Waals surface area contributed by atoms with Crippen molar-refractivity contribution in [1.29, 1.82) is 0 Å². The summed E-state index contributed by atoms with van der Waals surface area (Å²) in [5.74, 6) is -1.71. The Morgan fingerprint density at radius 1 is 1.17 bits per heavy atom. The Labute approximate surface area is 219 Å². The lowest BCUT2D eigenvalue weighted by atomic mass is 9.76. The van der Waals surface area contributed by atoms with E-state index in [0.717, 1.165) is 13.2 Å². The van der Waals surface area contributed by atoms with Crippen LogP contribution in [0.1, 0.15) is 59.3 Å². The Morgan fingerprint density at radius 2 is 1.81 bits per heavy atom. The van der Waals surface area contributed by atoms with E-state index in [0.29, 0.717) is 38.5 Å². The molecule has 13 heteroatoms. The second-order valence-electron chi connectivity index (χ2n) is 11.5. The maximum Gasteiger partial charge on any atom is 0.410 e. The minimum absolute atomic E-state index is 0.0223. The first kappa shape index (κ1) is 29.3. The van der Waals surface area contributed by atoms with Crippen molar-refractivity contribution in [1.82, 2.24) is 25.4 Å². The highest BCUT2D eigenvalue weighted by Gasteiger charge is 2.45. The molecule has 1 aliphatic heterocycles. The van der Waals surface area contributed by atoms with E-state index in [4.69, 9.17) is 16.3 Å². The number of sulfonamides is 1. The molecule has 1 heterocycles. The number of hydrogen-bond donors (Lipinski definition) is 3. The molecule has 5 atom stereocenters. The highest BCUT2D eigenvalue weighted by atomic mass is 35.5. The Balaban J connectivity index is 1.51. The third-order valence-corrected chi connectivity index (χ3v) is 9.63. The molecule has 2 aliphatic carbocycles. The van der Waals surface area contributed by atoms with Gasteiger partial charge in [-0.25, -0.2) is 17.6 Å². The molecule has 0 aromatic carbocycles. The standard InChI is InChI=1S/C23H41ClFN5O5S/c1-23(2,3)35-22(32)30(5)15-6-8-16(9-7-15)36(33,34)28-27-21(31)17-10-14(11-18(24)20(17)25)19-12-29(4)13-26-19/h14-20,26,28H,6-13H2,1-5H3,(H,27,31). The highest BCUT2D eigenvalue weighted by Crippen LogP contribution is 2.37. The molecule has 36 heavy (non-hydrogen) atoms. The molecule has 10 nitrogen and oxygen atoms in total. The van der Waals surface area contributed by atoms with E-state index >= 15 is 0 Å². The molecule has 0 radical (unpaired) electrons. The summed E-state index contributed by atoms with van der Waals surface area (Å²) in [7, 11) is -0.241. The molecule has 3 N–H and O–H groups in total. The van der Waals surface area contributed by atoms with Gasteiger partial charge in [-0.1, -0.05) is 0 Å². The van der Waals surface area contributed by atoms with Crippen LogP contribution in [-0.4, -0.2) is 92.0 Å². The van der Waals surface area contributed by atoms with Crippen molar-refractivity contribution < 1.29 is 27.1 Å². The summed E-state index contributed by atoms with van der Waals surface area (Å²) in [6.45, 7) is 6.88. The van der Waals surface area contributed by atoms with Crippen LogP contribution >= 0.6 is 11.6 Å². The summed E-state index contributed by atoms with van der Waals surface area (Å²) >= 11 is 6.25. The maximum atomic E-state index is 14.8. The number of alkyl halides is 2. The number of carbonyl (C=O) groups excluding carboxylic acids is 2. The van der Waals surface area contributed by atoms with Gasteiger partial charge >= 0.3 is 6.09 Å². The number of nitrogens with zero attached hydrogens (tertiary/aromatic N) is 2. The number of halogens is 2. The first-order chi connectivity index (χ1) is 16.7. The number of amides is 2. The van der Waals surface area contributed by atoms with Gasteiger partial charge < -0.3 is 9.64 Å². The van der Waals surface area contributed by atoms with Crippen LogP contribution in [0.4, 0.5) is 9.18 Å². The number of likely N-dealkylation sites (N-methyl/N-ethyl adjacent to an activating group) is 1. The number of ether oxygens (including phenoxy) is 1. The molecule has 0 aromatic rings. The Bertz CT molecular complexity index is 896. The van der Waals surface area contributed by atoms with Crippen LogP contribution in [0.15, 0.2) is 0 Å². The maximum absolute atomic E-state index is 14.8. The van der Waals surface area contributed by atoms with Crippen LogP contribution in [0.5, 0.6) is 0 Å². The van der Waals surface area contributed by atoms with E-state index in [9.17, 15) is 22.4 Å². The lowest BCUT2D eigenvalue weighted by Crippen LogP contribution is -2.54. The van der Waals surface area contributed by atoms with Crippen LogP contribution in [0.2, 0.25) is 0 Å². The fraction of sp³-hybridized carbons (Fsp3) is 0.913. The SMILES string of the molecule is CN1CNC(C2CC(Cl)C(F)C(C(=O)NNS(=O)(=O)C3CCC(N(C)C(=O)OC(C)(C)C)CC3)C2)C1. The van der Waals surface area contributed by atoms with Crippen molar-refractivity contribution in [3.05, 3.63) is 0 Å². The monoisotopic (exact) mass is 553 g/mol. The van der Waals surface area contributed by atoms with E-state index in [2.05, 4.69) is 20.5 Å². The summed E-state index contributed by atoms with van der Waals surface area (Å²) < 4.78 is 46.0. The molecule has 3 rings (SSSR count). The lowest BCUT2D eigenvalue weighted by Gasteiger charge is -2.37. The molecule has 3 aliphatic rings. The predicted molar refractivity (Wildman–Crippen MR) is 135 cm³/mol. The molecule has 3 fully saturated rings. The van der Waals surface area contributed by atoms with Gasteiger partial charge in [0.2, 0.25) is 15.9 Å². The molecule has 2 saturated carbocycles. The van der Waals surface area contributed by atoms with Crippen molar-refractivity contribution in [3.8, 4) is 0 Å². The van der Waals surface area contributed by atoms with Gasteiger partial charge in [0.25, 0.3) is 0 Å². The zero-order valence-corrected chi connectivity index (χ0v) is 23.4. The highest BCUT2D eigenvalue weighted by molar-refractivity contribution is 7.90. The Morgan fingerprint density at radius 3 is 2.36 bits per heavy atom. The second kappa shape index (κ2) is 11.7. The summed E-state index contributed by atoms with van der Waals surface area (Å²) in [4.78, 5) is 30.9. The van der Waals surface area contributed by atoms with E-state index in [-0.39, 0.29) is 18.0 Å². The fourth-order valence-electron chi connectivity index (χ4n) is 5.38. The van der Waals surface area contributed by atoms with E-state index in [1.807, 2.05) is 7.05 Å².